The lowest BCUT2D eigenvalue weighted by molar-refractivity contribution is 0.377. The number of hydrogen-bond acceptors (Lipinski definition) is 3. The van der Waals surface area contributed by atoms with E-state index in [0.717, 1.165) is 18.8 Å². The van der Waals surface area contributed by atoms with Gasteiger partial charge < -0.3 is 10.2 Å². The lowest BCUT2D eigenvalue weighted by atomic mass is 10.0. The molecule has 1 aliphatic heterocycles. The quantitative estimate of drug-likeness (QED) is 0.931. The Kier molecular flexibility index (Phi) is 4.51. The third-order valence-corrected chi connectivity index (χ3v) is 4.23. The molecule has 0 aliphatic carbocycles. The van der Waals surface area contributed by atoms with Crippen LogP contribution in [0.1, 0.15) is 31.5 Å². The van der Waals surface area contributed by atoms with Crippen LogP contribution >= 0.6 is 0 Å². The van der Waals surface area contributed by atoms with Crippen molar-refractivity contribution in [2.45, 2.75) is 31.8 Å². The van der Waals surface area contributed by atoms with Gasteiger partial charge in [-0.2, -0.15) is 0 Å². The van der Waals surface area contributed by atoms with E-state index >= 15 is 0 Å². The van der Waals surface area contributed by atoms with Gasteiger partial charge in [-0.05, 0) is 44.0 Å². The number of piperidine rings is 1. The maximum atomic E-state index is 4.43. The first-order chi connectivity index (χ1) is 10.3. The summed E-state index contributed by atoms with van der Waals surface area (Å²) in [6.07, 6.45) is 4.24. The molecule has 2 aromatic rings. The van der Waals surface area contributed by atoms with Crippen LogP contribution in [-0.4, -0.2) is 24.1 Å². The molecule has 1 saturated heterocycles. The molecule has 1 aromatic heterocycles. The van der Waals surface area contributed by atoms with E-state index in [9.17, 15) is 0 Å². The second-order valence-electron chi connectivity index (χ2n) is 5.74. The number of para-hydroxylation sites is 1. The van der Waals surface area contributed by atoms with Crippen molar-refractivity contribution in [3.05, 3.63) is 60.4 Å². The Bertz CT molecular complexity index is 533. The van der Waals surface area contributed by atoms with Gasteiger partial charge in [0.15, 0.2) is 0 Å². The number of nitrogens with zero attached hydrogens (tertiary/aromatic N) is 2. The summed E-state index contributed by atoms with van der Waals surface area (Å²) in [4.78, 5) is 6.91. The molecule has 3 nitrogen and oxygen atoms in total. The summed E-state index contributed by atoms with van der Waals surface area (Å²) in [5.74, 6) is 0. The SMILES string of the molecule is C[C@H](NC1CCN(c2ccccc2)CC1)c1ccccn1. The maximum Gasteiger partial charge on any atom is 0.0570 e. The lowest BCUT2D eigenvalue weighted by Crippen LogP contribution is -2.43. The van der Waals surface area contributed by atoms with Gasteiger partial charge in [-0.25, -0.2) is 0 Å². The number of anilines is 1. The average molecular weight is 281 g/mol. The molecule has 0 amide bonds. The van der Waals surface area contributed by atoms with Gasteiger partial charge in [-0.1, -0.05) is 24.3 Å². The van der Waals surface area contributed by atoms with Gasteiger partial charge >= 0.3 is 0 Å². The summed E-state index contributed by atoms with van der Waals surface area (Å²) >= 11 is 0. The van der Waals surface area contributed by atoms with Gasteiger partial charge in [-0.3, -0.25) is 4.98 Å². The van der Waals surface area contributed by atoms with E-state index < -0.39 is 0 Å². The normalized spacial score (nSPS) is 17.7. The van der Waals surface area contributed by atoms with E-state index in [4.69, 9.17) is 0 Å². The highest BCUT2D eigenvalue weighted by atomic mass is 15.1. The third kappa shape index (κ3) is 3.61. The molecule has 2 heterocycles. The van der Waals surface area contributed by atoms with Crippen LogP contribution in [0.15, 0.2) is 54.7 Å². The van der Waals surface area contributed by atoms with E-state index in [1.165, 1.54) is 18.5 Å². The average Bonchev–Trinajstić information content (AvgIpc) is 2.57. The largest absolute Gasteiger partial charge is 0.371 e. The van der Waals surface area contributed by atoms with Crippen molar-refractivity contribution >= 4 is 5.69 Å². The van der Waals surface area contributed by atoms with Gasteiger partial charge in [0.1, 0.15) is 0 Å². The summed E-state index contributed by atoms with van der Waals surface area (Å²) in [7, 11) is 0. The Hall–Kier alpha value is -1.87. The Morgan fingerprint density at radius 2 is 1.76 bits per heavy atom. The molecular weight excluding hydrogens is 258 g/mol. The molecule has 0 saturated carbocycles. The van der Waals surface area contributed by atoms with Crippen LogP contribution in [0.25, 0.3) is 0 Å². The monoisotopic (exact) mass is 281 g/mol. The number of pyridine rings is 1. The van der Waals surface area contributed by atoms with Crippen LogP contribution in [0.3, 0.4) is 0 Å². The molecule has 110 valence electrons. The minimum atomic E-state index is 0.319. The van der Waals surface area contributed by atoms with Gasteiger partial charge in [0, 0.05) is 37.1 Å². The minimum Gasteiger partial charge on any atom is -0.371 e. The molecule has 1 fully saturated rings. The smallest absolute Gasteiger partial charge is 0.0570 e. The maximum absolute atomic E-state index is 4.43. The molecule has 1 aromatic carbocycles. The predicted octanol–water partition coefficient (Wildman–Crippen LogP) is 3.40. The molecule has 0 unspecified atom stereocenters. The third-order valence-electron chi connectivity index (χ3n) is 4.23. The highest BCUT2D eigenvalue weighted by molar-refractivity contribution is 5.46. The van der Waals surface area contributed by atoms with Crippen LogP contribution < -0.4 is 10.2 Å². The lowest BCUT2D eigenvalue weighted by Gasteiger charge is -2.35. The van der Waals surface area contributed by atoms with Crippen molar-refractivity contribution in [1.29, 1.82) is 0 Å². The summed E-state index contributed by atoms with van der Waals surface area (Å²) in [6.45, 7) is 4.44. The van der Waals surface area contributed by atoms with Crippen LogP contribution in [0, 0.1) is 0 Å². The highest BCUT2D eigenvalue weighted by Crippen LogP contribution is 2.21. The molecule has 0 bridgehead atoms. The molecular formula is C18H23N3. The molecule has 0 spiro atoms. The first-order valence-corrected chi connectivity index (χ1v) is 7.80. The first kappa shape index (κ1) is 14.1. The van der Waals surface area contributed by atoms with Gasteiger partial charge in [0.2, 0.25) is 0 Å². The van der Waals surface area contributed by atoms with E-state index in [1.54, 1.807) is 0 Å². The number of aromatic nitrogens is 1. The van der Waals surface area contributed by atoms with Crippen molar-refractivity contribution in [2.24, 2.45) is 0 Å². The van der Waals surface area contributed by atoms with Crippen molar-refractivity contribution < 1.29 is 0 Å². The number of benzene rings is 1. The van der Waals surface area contributed by atoms with Crippen LogP contribution in [-0.2, 0) is 0 Å². The molecule has 3 heteroatoms. The highest BCUT2D eigenvalue weighted by Gasteiger charge is 2.21. The molecule has 1 atom stereocenters. The molecule has 3 rings (SSSR count). The van der Waals surface area contributed by atoms with Crippen LogP contribution in [0.2, 0.25) is 0 Å². The second-order valence-corrected chi connectivity index (χ2v) is 5.74. The molecule has 0 radical (unpaired) electrons. The zero-order valence-corrected chi connectivity index (χ0v) is 12.6. The fourth-order valence-electron chi connectivity index (χ4n) is 3.01. The van der Waals surface area contributed by atoms with E-state index in [1.807, 2.05) is 12.3 Å². The van der Waals surface area contributed by atoms with Crippen molar-refractivity contribution in [2.75, 3.05) is 18.0 Å². The van der Waals surface area contributed by atoms with Crippen LogP contribution in [0.4, 0.5) is 5.69 Å². The van der Waals surface area contributed by atoms with E-state index in [-0.39, 0.29) is 0 Å². The standard InChI is InChI=1S/C18H23N3/c1-15(18-9-5-6-12-19-18)20-16-10-13-21(14-11-16)17-7-3-2-4-8-17/h2-9,12,15-16,20H,10-11,13-14H2,1H3/t15-/m0/s1. The Morgan fingerprint density at radius 3 is 2.43 bits per heavy atom. The summed E-state index contributed by atoms with van der Waals surface area (Å²) in [5.41, 5.74) is 2.47. The topological polar surface area (TPSA) is 28.2 Å². The van der Waals surface area contributed by atoms with Gasteiger partial charge in [-0.15, -0.1) is 0 Å². The van der Waals surface area contributed by atoms with Gasteiger partial charge in [0.25, 0.3) is 0 Å². The van der Waals surface area contributed by atoms with E-state index in [2.05, 4.69) is 64.6 Å². The van der Waals surface area contributed by atoms with Crippen molar-refractivity contribution in [3.8, 4) is 0 Å². The molecule has 1 aliphatic rings. The minimum absolute atomic E-state index is 0.319. The zero-order valence-electron chi connectivity index (χ0n) is 12.6. The second kappa shape index (κ2) is 6.72. The Labute approximate surface area is 127 Å². The van der Waals surface area contributed by atoms with E-state index in [0.29, 0.717) is 12.1 Å². The zero-order chi connectivity index (χ0) is 14.5. The summed E-state index contributed by atoms with van der Waals surface area (Å²) < 4.78 is 0. The fraction of sp³-hybridized carbons (Fsp3) is 0.389. The first-order valence-electron chi connectivity index (χ1n) is 7.80. The number of rotatable bonds is 4. The summed E-state index contributed by atoms with van der Waals surface area (Å²) in [5, 5.41) is 3.72. The van der Waals surface area contributed by atoms with Crippen LogP contribution in [0.5, 0.6) is 0 Å². The molecule has 21 heavy (non-hydrogen) atoms. The predicted molar refractivity (Wildman–Crippen MR) is 87.5 cm³/mol. The van der Waals surface area contributed by atoms with Crippen molar-refractivity contribution in [3.63, 3.8) is 0 Å². The van der Waals surface area contributed by atoms with Crippen molar-refractivity contribution in [1.82, 2.24) is 10.3 Å². The summed E-state index contributed by atoms with van der Waals surface area (Å²) in [6, 6.07) is 17.7. The van der Waals surface area contributed by atoms with Gasteiger partial charge in [0.05, 0.1) is 5.69 Å². The molecule has 1 N–H and O–H groups in total. The Morgan fingerprint density at radius 1 is 1.05 bits per heavy atom. The Balaban J connectivity index is 1.52. The fourth-order valence-corrected chi connectivity index (χ4v) is 3.01. The number of hydrogen-bond donors (Lipinski definition) is 1. The number of nitrogens with one attached hydrogen (secondary N) is 1.